The Morgan fingerprint density at radius 2 is 1.47 bits per heavy atom. The Balaban J connectivity index is 3.21. The Morgan fingerprint density at radius 3 is 1.76 bits per heavy atom. The quantitative estimate of drug-likeness (QED) is 0.419. The third-order valence-corrected chi connectivity index (χ3v) is 2.27. The van der Waals surface area contributed by atoms with Crippen LogP contribution in [-0.4, -0.2) is 29.0 Å². The first-order chi connectivity index (χ1) is 7.91. The first kappa shape index (κ1) is 13.2. The highest BCUT2D eigenvalue weighted by Crippen LogP contribution is 2.05. The van der Waals surface area contributed by atoms with Crippen molar-refractivity contribution in [1.82, 2.24) is 0 Å². The summed E-state index contributed by atoms with van der Waals surface area (Å²) in [6.45, 7) is 0. The SMILES string of the molecule is NC(=O)Cc1cccc(CC(N)=O)c1B(O)O. The molecule has 0 aliphatic carbocycles. The lowest BCUT2D eigenvalue weighted by Crippen LogP contribution is -2.38. The topological polar surface area (TPSA) is 127 Å². The lowest BCUT2D eigenvalue weighted by molar-refractivity contribution is -0.118. The molecule has 0 bridgehead atoms. The van der Waals surface area contributed by atoms with Crippen LogP contribution in [0, 0.1) is 0 Å². The number of carbonyl (C=O) groups excluding carboxylic acids is 2. The average molecular weight is 236 g/mol. The number of carbonyl (C=O) groups is 2. The van der Waals surface area contributed by atoms with Gasteiger partial charge in [-0.3, -0.25) is 9.59 Å². The highest BCUT2D eigenvalue weighted by molar-refractivity contribution is 6.60. The van der Waals surface area contributed by atoms with Gasteiger partial charge in [0.15, 0.2) is 0 Å². The summed E-state index contributed by atoms with van der Waals surface area (Å²) < 4.78 is 0. The molecule has 7 heteroatoms. The average Bonchev–Trinajstić information content (AvgIpc) is 2.14. The monoisotopic (exact) mass is 236 g/mol. The summed E-state index contributed by atoms with van der Waals surface area (Å²) in [4.78, 5) is 21.7. The maximum absolute atomic E-state index is 10.8. The summed E-state index contributed by atoms with van der Waals surface area (Å²) >= 11 is 0. The number of hydrogen-bond donors (Lipinski definition) is 4. The molecule has 0 fully saturated rings. The minimum Gasteiger partial charge on any atom is -0.423 e. The van der Waals surface area contributed by atoms with Crippen molar-refractivity contribution in [3.8, 4) is 0 Å². The molecule has 0 spiro atoms. The summed E-state index contributed by atoms with van der Waals surface area (Å²) in [7, 11) is -1.78. The van der Waals surface area contributed by atoms with E-state index in [1.807, 2.05) is 0 Å². The summed E-state index contributed by atoms with van der Waals surface area (Å²) in [5, 5.41) is 18.5. The van der Waals surface area contributed by atoms with Gasteiger partial charge in [-0.15, -0.1) is 0 Å². The van der Waals surface area contributed by atoms with Crippen LogP contribution in [0.25, 0.3) is 0 Å². The fourth-order valence-electron chi connectivity index (χ4n) is 1.68. The van der Waals surface area contributed by atoms with Crippen molar-refractivity contribution in [2.75, 3.05) is 0 Å². The van der Waals surface area contributed by atoms with E-state index in [1.165, 1.54) is 0 Å². The van der Waals surface area contributed by atoms with Gasteiger partial charge in [-0.1, -0.05) is 18.2 Å². The largest absolute Gasteiger partial charge is 0.489 e. The zero-order valence-electron chi connectivity index (χ0n) is 9.09. The third kappa shape index (κ3) is 3.58. The normalized spacial score (nSPS) is 10.0. The van der Waals surface area contributed by atoms with Gasteiger partial charge in [0.05, 0.1) is 12.8 Å². The van der Waals surface area contributed by atoms with Gasteiger partial charge in [0, 0.05) is 0 Å². The molecular weight excluding hydrogens is 223 g/mol. The van der Waals surface area contributed by atoms with Gasteiger partial charge in [0.25, 0.3) is 0 Å². The fraction of sp³-hybridized carbons (Fsp3) is 0.200. The van der Waals surface area contributed by atoms with Crippen molar-refractivity contribution < 1.29 is 19.6 Å². The molecule has 0 atom stereocenters. The van der Waals surface area contributed by atoms with Crippen LogP contribution in [0.1, 0.15) is 11.1 Å². The molecule has 1 aromatic carbocycles. The van der Waals surface area contributed by atoms with Crippen LogP contribution >= 0.6 is 0 Å². The van der Waals surface area contributed by atoms with E-state index in [0.717, 1.165) is 0 Å². The summed E-state index contributed by atoms with van der Waals surface area (Å²) in [5.74, 6) is -1.19. The molecule has 0 aliphatic heterocycles. The molecule has 2 amide bonds. The highest BCUT2D eigenvalue weighted by atomic mass is 16.4. The lowest BCUT2D eigenvalue weighted by Gasteiger charge is -2.12. The second kappa shape index (κ2) is 5.47. The van der Waals surface area contributed by atoms with Gasteiger partial charge in [0.1, 0.15) is 0 Å². The van der Waals surface area contributed by atoms with Crippen molar-refractivity contribution in [1.29, 1.82) is 0 Å². The molecule has 0 saturated carbocycles. The van der Waals surface area contributed by atoms with Gasteiger partial charge < -0.3 is 21.5 Å². The maximum Gasteiger partial charge on any atom is 0.489 e. The molecule has 0 heterocycles. The van der Waals surface area contributed by atoms with E-state index < -0.39 is 18.9 Å². The van der Waals surface area contributed by atoms with E-state index >= 15 is 0 Å². The van der Waals surface area contributed by atoms with Crippen LogP contribution in [0.5, 0.6) is 0 Å². The Hall–Kier alpha value is -1.86. The Bertz CT molecular complexity index is 414. The Morgan fingerprint density at radius 1 is 1.06 bits per heavy atom. The van der Waals surface area contributed by atoms with E-state index in [4.69, 9.17) is 11.5 Å². The van der Waals surface area contributed by atoms with Crippen LogP contribution in [-0.2, 0) is 22.4 Å². The molecule has 90 valence electrons. The van der Waals surface area contributed by atoms with Crippen LogP contribution < -0.4 is 16.9 Å². The third-order valence-electron chi connectivity index (χ3n) is 2.27. The van der Waals surface area contributed by atoms with Gasteiger partial charge in [0.2, 0.25) is 11.8 Å². The van der Waals surface area contributed by atoms with E-state index in [1.54, 1.807) is 18.2 Å². The second-order valence-corrected chi connectivity index (χ2v) is 3.65. The molecule has 6 N–H and O–H groups in total. The molecule has 1 aromatic rings. The van der Waals surface area contributed by atoms with Crippen molar-refractivity contribution in [3.63, 3.8) is 0 Å². The van der Waals surface area contributed by atoms with Crippen molar-refractivity contribution in [2.45, 2.75) is 12.8 Å². The van der Waals surface area contributed by atoms with Gasteiger partial charge >= 0.3 is 7.12 Å². The molecule has 0 unspecified atom stereocenters. The van der Waals surface area contributed by atoms with Gasteiger partial charge in [-0.25, -0.2) is 0 Å². The van der Waals surface area contributed by atoms with Crippen LogP contribution in [0.15, 0.2) is 18.2 Å². The Labute approximate surface area is 98.4 Å². The van der Waals surface area contributed by atoms with Crippen molar-refractivity contribution >= 4 is 24.4 Å². The molecule has 0 radical (unpaired) electrons. The van der Waals surface area contributed by atoms with E-state index in [2.05, 4.69) is 0 Å². The highest BCUT2D eigenvalue weighted by Gasteiger charge is 2.21. The smallest absolute Gasteiger partial charge is 0.423 e. The van der Waals surface area contributed by atoms with Crippen molar-refractivity contribution in [3.05, 3.63) is 29.3 Å². The van der Waals surface area contributed by atoms with Crippen molar-refractivity contribution in [2.24, 2.45) is 11.5 Å². The predicted molar refractivity (Wildman–Crippen MR) is 62.1 cm³/mol. The Kier molecular flexibility index (Phi) is 4.25. The number of primary amides is 2. The molecule has 0 aliphatic rings. The molecule has 0 aromatic heterocycles. The second-order valence-electron chi connectivity index (χ2n) is 3.65. The maximum atomic E-state index is 10.8. The lowest BCUT2D eigenvalue weighted by atomic mass is 9.72. The molecular formula is C10H13BN2O4. The molecule has 17 heavy (non-hydrogen) atoms. The molecule has 1 rings (SSSR count). The zero-order chi connectivity index (χ0) is 13.0. The minimum absolute atomic E-state index is 0.116. The number of nitrogens with two attached hydrogens (primary N) is 2. The standard InChI is InChI=1S/C10H13BN2O4/c12-8(14)4-6-2-1-3-7(5-9(13)15)10(6)11(16)17/h1-3,16-17H,4-5H2,(H2,12,14)(H2,13,15). The minimum atomic E-state index is -1.78. The van der Waals surface area contributed by atoms with E-state index in [-0.39, 0.29) is 18.3 Å². The van der Waals surface area contributed by atoms with Gasteiger partial charge in [-0.2, -0.15) is 0 Å². The van der Waals surface area contributed by atoms with E-state index in [9.17, 15) is 19.6 Å². The number of amides is 2. The molecule has 6 nitrogen and oxygen atoms in total. The summed E-state index contributed by atoms with van der Waals surface area (Å²) in [6, 6.07) is 4.69. The zero-order valence-corrected chi connectivity index (χ0v) is 9.09. The first-order valence-electron chi connectivity index (χ1n) is 4.95. The number of hydrogen-bond acceptors (Lipinski definition) is 4. The van der Waals surface area contributed by atoms with Crippen LogP contribution in [0.3, 0.4) is 0 Å². The fourth-order valence-corrected chi connectivity index (χ4v) is 1.68. The van der Waals surface area contributed by atoms with Gasteiger partial charge in [-0.05, 0) is 16.6 Å². The predicted octanol–water partition coefficient (Wildman–Crippen LogP) is -2.58. The first-order valence-corrected chi connectivity index (χ1v) is 4.95. The summed E-state index contributed by atoms with van der Waals surface area (Å²) in [6.07, 6.45) is -0.251. The number of benzene rings is 1. The summed E-state index contributed by atoms with van der Waals surface area (Å²) in [5.41, 5.74) is 11.0. The molecule has 0 saturated heterocycles. The van der Waals surface area contributed by atoms with E-state index in [0.29, 0.717) is 11.1 Å². The van der Waals surface area contributed by atoms with Crippen LogP contribution in [0.2, 0.25) is 0 Å². The van der Waals surface area contributed by atoms with Crippen LogP contribution in [0.4, 0.5) is 0 Å². The number of rotatable bonds is 5.